The first kappa shape index (κ1) is 12.2. The predicted octanol–water partition coefficient (Wildman–Crippen LogP) is 1.90. The Labute approximate surface area is 91.1 Å². The van der Waals surface area contributed by atoms with Crippen LogP contribution in [-0.2, 0) is 9.53 Å². The molecule has 0 bridgehead atoms. The Hall–Kier alpha value is -0.830. The summed E-state index contributed by atoms with van der Waals surface area (Å²) in [5.74, 6) is 0.00599. The van der Waals surface area contributed by atoms with E-state index in [-0.39, 0.29) is 23.9 Å². The van der Waals surface area contributed by atoms with E-state index in [0.29, 0.717) is 0 Å². The number of allylic oxidation sites excluding steroid dienone is 1. The Balaban J connectivity index is 2.68. The Morgan fingerprint density at radius 3 is 2.47 bits per heavy atom. The number of hydrogen-bond acceptors (Lipinski definition) is 3. The lowest BCUT2D eigenvalue weighted by atomic mass is 9.76. The number of aliphatic hydroxyl groups excluding tert-OH is 1. The molecule has 0 amide bonds. The molecule has 0 aliphatic heterocycles. The summed E-state index contributed by atoms with van der Waals surface area (Å²) in [6, 6.07) is 0. The van der Waals surface area contributed by atoms with Crippen LogP contribution in [-0.4, -0.2) is 23.3 Å². The van der Waals surface area contributed by atoms with Gasteiger partial charge in [0.15, 0.2) is 0 Å². The number of ether oxygens (including phenoxy) is 1. The third kappa shape index (κ3) is 3.06. The number of carbonyl (C=O) groups is 1. The van der Waals surface area contributed by atoms with E-state index in [1.165, 1.54) is 6.92 Å². The summed E-state index contributed by atoms with van der Waals surface area (Å²) in [6.07, 6.45) is 0.944. The Morgan fingerprint density at radius 2 is 2.00 bits per heavy atom. The van der Waals surface area contributed by atoms with Gasteiger partial charge < -0.3 is 9.84 Å². The van der Waals surface area contributed by atoms with Gasteiger partial charge in [0.25, 0.3) is 0 Å². The van der Waals surface area contributed by atoms with Crippen LogP contribution in [0.15, 0.2) is 12.2 Å². The topological polar surface area (TPSA) is 46.5 Å². The number of esters is 1. The minimum absolute atomic E-state index is 0.0181. The summed E-state index contributed by atoms with van der Waals surface area (Å²) >= 11 is 0. The molecule has 1 aliphatic rings. The van der Waals surface area contributed by atoms with Gasteiger partial charge >= 0.3 is 5.97 Å². The Morgan fingerprint density at radius 1 is 1.40 bits per heavy atom. The molecule has 1 saturated carbocycles. The van der Waals surface area contributed by atoms with Gasteiger partial charge in [0.2, 0.25) is 0 Å². The van der Waals surface area contributed by atoms with Crippen LogP contribution in [0.2, 0.25) is 0 Å². The number of hydrogen-bond donors (Lipinski definition) is 1. The highest BCUT2D eigenvalue weighted by Gasteiger charge is 2.36. The number of rotatable bonds is 2. The molecule has 86 valence electrons. The van der Waals surface area contributed by atoms with E-state index in [2.05, 4.69) is 6.58 Å². The SMILES string of the molecule is C=C(C)[C@@H]1C[C@@H](O)[C@@H](C)[C@H](OC(C)=O)C1. The van der Waals surface area contributed by atoms with Crippen molar-refractivity contribution in [2.24, 2.45) is 11.8 Å². The van der Waals surface area contributed by atoms with Crippen molar-refractivity contribution in [3.05, 3.63) is 12.2 Å². The van der Waals surface area contributed by atoms with Gasteiger partial charge in [-0.1, -0.05) is 19.1 Å². The van der Waals surface area contributed by atoms with Gasteiger partial charge in [-0.15, -0.1) is 0 Å². The molecule has 0 aromatic heterocycles. The highest BCUT2D eigenvalue weighted by Crippen LogP contribution is 2.34. The molecular formula is C12H20O3. The molecule has 0 aromatic carbocycles. The quantitative estimate of drug-likeness (QED) is 0.561. The molecule has 0 saturated heterocycles. The molecule has 15 heavy (non-hydrogen) atoms. The average Bonchev–Trinajstić information content (AvgIpc) is 2.11. The van der Waals surface area contributed by atoms with Crippen molar-refractivity contribution in [2.45, 2.75) is 45.8 Å². The first-order valence-electron chi connectivity index (χ1n) is 5.42. The van der Waals surface area contributed by atoms with Gasteiger partial charge in [-0.3, -0.25) is 4.79 Å². The van der Waals surface area contributed by atoms with Crippen molar-refractivity contribution in [1.29, 1.82) is 0 Å². The van der Waals surface area contributed by atoms with Gasteiger partial charge in [-0.05, 0) is 25.7 Å². The highest BCUT2D eigenvalue weighted by molar-refractivity contribution is 5.66. The van der Waals surface area contributed by atoms with E-state index in [1.54, 1.807) is 0 Å². The number of carbonyl (C=O) groups excluding carboxylic acids is 1. The van der Waals surface area contributed by atoms with Crippen LogP contribution in [0.25, 0.3) is 0 Å². The zero-order valence-electron chi connectivity index (χ0n) is 9.69. The maximum Gasteiger partial charge on any atom is 0.302 e. The lowest BCUT2D eigenvalue weighted by Crippen LogP contribution is -2.40. The monoisotopic (exact) mass is 212 g/mol. The van der Waals surface area contributed by atoms with E-state index in [4.69, 9.17) is 4.74 Å². The van der Waals surface area contributed by atoms with Crippen LogP contribution >= 0.6 is 0 Å². The standard InChI is InChI=1S/C12H20O3/c1-7(2)10-5-11(14)8(3)12(6-10)15-9(4)13/h8,10-12,14H,1,5-6H2,2-4H3/t8-,10-,11-,12-/m1/s1. The van der Waals surface area contributed by atoms with E-state index in [1.807, 2.05) is 13.8 Å². The normalized spacial score (nSPS) is 36.0. The van der Waals surface area contributed by atoms with Crippen molar-refractivity contribution in [3.63, 3.8) is 0 Å². The van der Waals surface area contributed by atoms with Crippen LogP contribution in [0.4, 0.5) is 0 Å². The fourth-order valence-electron chi connectivity index (χ4n) is 2.12. The van der Waals surface area contributed by atoms with E-state index in [9.17, 15) is 9.90 Å². The molecule has 1 fully saturated rings. The molecule has 3 heteroatoms. The molecule has 1 aliphatic carbocycles. The summed E-state index contributed by atoms with van der Waals surface area (Å²) in [5.41, 5.74) is 1.05. The first-order valence-corrected chi connectivity index (χ1v) is 5.42. The molecule has 0 aromatic rings. The number of aliphatic hydroxyl groups is 1. The minimum atomic E-state index is -0.398. The van der Waals surface area contributed by atoms with Crippen molar-refractivity contribution < 1.29 is 14.6 Å². The second-order valence-corrected chi connectivity index (χ2v) is 4.59. The zero-order valence-corrected chi connectivity index (χ0v) is 9.69. The van der Waals surface area contributed by atoms with E-state index < -0.39 is 6.10 Å². The lowest BCUT2D eigenvalue weighted by molar-refractivity contribution is -0.155. The van der Waals surface area contributed by atoms with Gasteiger partial charge in [-0.2, -0.15) is 0 Å². The van der Waals surface area contributed by atoms with Crippen LogP contribution in [0, 0.1) is 11.8 Å². The van der Waals surface area contributed by atoms with Crippen molar-refractivity contribution in [1.82, 2.24) is 0 Å². The van der Waals surface area contributed by atoms with E-state index >= 15 is 0 Å². The summed E-state index contributed by atoms with van der Waals surface area (Å²) in [5, 5.41) is 9.85. The Kier molecular flexibility index (Phi) is 3.91. The van der Waals surface area contributed by atoms with Crippen LogP contribution in [0.1, 0.15) is 33.6 Å². The fraction of sp³-hybridized carbons (Fsp3) is 0.750. The molecule has 1 rings (SSSR count). The molecule has 0 spiro atoms. The van der Waals surface area contributed by atoms with Crippen molar-refractivity contribution in [3.8, 4) is 0 Å². The molecule has 3 nitrogen and oxygen atoms in total. The smallest absolute Gasteiger partial charge is 0.302 e. The van der Waals surface area contributed by atoms with Gasteiger partial charge in [-0.25, -0.2) is 0 Å². The fourth-order valence-corrected chi connectivity index (χ4v) is 2.12. The second kappa shape index (κ2) is 4.79. The molecule has 0 unspecified atom stereocenters. The maximum atomic E-state index is 10.9. The molecular weight excluding hydrogens is 192 g/mol. The van der Waals surface area contributed by atoms with Crippen LogP contribution in [0.5, 0.6) is 0 Å². The van der Waals surface area contributed by atoms with Gasteiger partial charge in [0.1, 0.15) is 6.10 Å². The molecule has 4 atom stereocenters. The van der Waals surface area contributed by atoms with E-state index in [0.717, 1.165) is 18.4 Å². The average molecular weight is 212 g/mol. The predicted molar refractivity (Wildman–Crippen MR) is 58.3 cm³/mol. The zero-order chi connectivity index (χ0) is 11.6. The summed E-state index contributed by atoms with van der Waals surface area (Å²) < 4.78 is 5.21. The first-order chi connectivity index (χ1) is 6.91. The van der Waals surface area contributed by atoms with Gasteiger partial charge in [0.05, 0.1) is 6.10 Å². The maximum absolute atomic E-state index is 10.9. The van der Waals surface area contributed by atoms with Crippen LogP contribution in [0.3, 0.4) is 0 Å². The summed E-state index contributed by atoms with van der Waals surface area (Å²) in [7, 11) is 0. The van der Waals surface area contributed by atoms with Crippen LogP contribution < -0.4 is 0 Å². The highest BCUT2D eigenvalue weighted by atomic mass is 16.5. The van der Waals surface area contributed by atoms with Crippen molar-refractivity contribution >= 4 is 5.97 Å². The lowest BCUT2D eigenvalue weighted by Gasteiger charge is -2.37. The Bertz CT molecular complexity index is 260. The second-order valence-electron chi connectivity index (χ2n) is 4.59. The third-order valence-corrected chi connectivity index (χ3v) is 3.25. The largest absolute Gasteiger partial charge is 0.462 e. The molecule has 0 heterocycles. The minimum Gasteiger partial charge on any atom is -0.462 e. The molecule has 0 radical (unpaired) electrons. The van der Waals surface area contributed by atoms with Gasteiger partial charge in [0, 0.05) is 12.8 Å². The van der Waals surface area contributed by atoms with Crippen molar-refractivity contribution in [2.75, 3.05) is 0 Å². The summed E-state index contributed by atoms with van der Waals surface area (Å²) in [6.45, 7) is 9.19. The third-order valence-electron chi connectivity index (χ3n) is 3.25. The summed E-state index contributed by atoms with van der Waals surface area (Å²) in [4.78, 5) is 10.9. The molecule has 1 N–H and O–H groups in total.